The molecule has 1 aliphatic rings. The first kappa shape index (κ1) is 24.5. The number of benzene rings is 1. The van der Waals surface area contributed by atoms with Crippen molar-refractivity contribution >= 4 is 17.0 Å². The summed E-state index contributed by atoms with van der Waals surface area (Å²) in [6.45, 7) is 4.74. The fourth-order valence-corrected chi connectivity index (χ4v) is 5.90. The highest BCUT2D eigenvalue weighted by Crippen LogP contribution is 2.38. The molecule has 34 heavy (non-hydrogen) atoms. The summed E-state index contributed by atoms with van der Waals surface area (Å²) >= 11 is 1.83. The number of hydrogen-bond donors (Lipinski definition) is 0. The van der Waals surface area contributed by atoms with E-state index in [4.69, 9.17) is 14.5 Å². The lowest BCUT2D eigenvalue weighted by molar-refractivity contribution is 0.393. The lowest BCUT2D eigenvalue weighted by atomic mass is 10.0. The minimum absolute atomic E-state index is 0.464. The van der Waals surface area contributed by atoms with Crippen LogP contribution in [0.3, 0.4) is 0 Å². The second-order valence-electron chi connectivity index (χ2n) is 8.86. The van der Waals surface area contributed by atoms with Crippen LogP contribution < -0.4 is 9.47 Å². The second-order valence-corrected chi connectivity index (χ2v) is 9.97. The Kier molecular flexibility index (Phi) is 8.38. The van der Waals surface area contributed by atoms with Crippen molar-refractivity contribution in [3.8, 4) is 16.5 Å². The van der Waals surface area contributed by atoms with Crippen molar-refractivity contribution < 1.29 is 9.47 Å². The van der Waals surface area contributed by atoms with E-state index in [0.29, 0.717) is 6.54 Å². The molecule has 1 aliphatic heterocycles. The molecule has 0 bridgehead atoms. The van der Waals surface area contributed by atoms with Crippen LogP contribution in [0.2, 0.25) is 0 Å². The number of aryl methyl sites for hydroxylation is 2. The summed E-state index contributed by atoms with van der Waals surface area (Å²) in [6, 6.07) is 8.18. The highest BCUT2D eigenvalue weighted by atomic mass is 32.1. The molecule has 0 N–H and O–H groups in total. The first-order valence-corrected chi connectivity index (χ1v) is 13.3. The molecule has 0 saturated heterocycles. The molecule has 3 aromatic rings. The summed E-state index contributed by atoms with van der Waals surface area (Å²) in [5.41, 5.74) is 2.89. The molecule has 3 heterocycles. The van der Waals surface area contributed by atoms with Crippen molar-refractivity contribution in [3.63, 3.8) is 0 Å². The summed E-state index contributed by atoms with van der Waals surface area (Å²) in [5, 5.41) is 9.87. The van der Waals surface area contributed by atoms with Gasteiger partial charge in [0.25, 0.3) is 0 Å². The fraction of sp³-hybridized carbons (Fsp3) is 0.519. The molecule has 0 amide bonds. The van der Waals surface area contributed by atoms with Gasteiger partial charge >= 0.3 is 0 Å². The third-order valence-corrected chi connectivity index (χ3v) is 7.61. The van der Waals surface area contributed by atoms with Crippen LogP contribution in [-0.4, -0.2) is 34.7 Å². The number of fused-ring (bicyclic) bond motifs is 3. The van der Waals surface area contributed by atoms with Gasteiger partial charge in [0.2, 0.25) is 0 Å². The number of aliphatic imine (C=N–C) groups is 1. The minimum Gasteiger partial charge on any atom is -0.496 e. The van der Waals surface area contributed by atoms with E-state index < -0.39 is 0 Å². The number of ether oxygens (including phenoxy) is 2. The molecule has 7 heteroatoms. The van der Waals surface area contributed by atoms with E-state index in [1.165, 1.54) is 56.2 Å². The van der Waals surface area contributed by atoms with Gasteiger partial charge in [-0.05, 0) is 38.0 Å². The van der Waals surface area contributed by atoms with E-state index in [1.54, 1.807) is 14.2 Å². The topological polar surface area (TPSA) is 61.5 Å². The third kappa shape index (κ3) is 5.19. The van der Waals surface area contributed by atoms with Gasteiger partial charge in [0.1, 0.15) is 28.9 Å². The maximum atomic E-state index is 5.72. The quantitative estimate of drug-likeness (QED) is 0.271. The van der Waals surface area contributed by atoms with Gasteiger partial charge in [-0.2, -0.15) is 0 Å². The van der Waals surface area contributed by atoms with Crippen molar-refractivity contribution in [2.24, 2.45) is 4.99 Å². The molecule has 6 nitrogen and oxygen atoms in total. The van der Waals surface area contributed by atoms with Gasteiger partial charge in [-0.15, -0.1) is 21.5 Å². The average molecular weight is 481 g/mol. The normalized spacial score (nSPS) is 12.6. The van der Waals surface area contributed by atoms with Crippen LogP contribution in [0, 0.1) is 6.92 Å². The van der Waals surface area contributed by atoms with E-state index in [0.717, 1.165) is 51.4 Å². The highest BCUT2D eigenvalue weighted by molar-refractivity contribution is 7.15. The monoisotopic (exact) mass is 480 g/mol. The van der Waals surface area contributed by atoms with Gasteiger partial charge < -0.3 is 9.47 Å². The number of thiophene rings is 1. The molecule has 0 unspecified atom stereocenters. The van der Waals surface area contributed by atoms with Gasteiger partial charge in [0, 0.05) is 10.4 Å². The van der Waals surface area contributed by atoms with Crippen molar-refractivity contribution in [2.75, 3.05) is 14.2 Å². The molecule has 182 valence electrons. The molecule has 4 rings (SSSR count). The second kappa shape index (κ2) is 11.6. The Bertz CT molecular complexity index is 1110. The number of rotatable bonds is 12. The molecular weight excluding hydrogens is 444 g/mol. The molecule has 0 atom stereocenters. The predicted octanol–water partition coefficient (Wildman–Crippen LogP) is 6.69. The summed E-state index contributed by atoms with van der Waals surface area (Å²) in [4.78, 5) is 6.38. The first-order valence-electron chi connectivity index (χ1n) is 12.5. The molecular formula is C27H36N4O2S. The van der Waals surface area contributed by atoms with Gasteiger partial charge in [0.15, 0.2) is 5.82 Å². The summed E-state index contributed by atoms with van der Waals surface area (Å²) < 4.78 is 13.6. The van der Waals surface area contributed by atoms with Crippen molar-refractivity contribution in [3.05, 3.63) is 51.9 Å². The van der Waals surface area contributed by atoms with Crippen LogP contribution >= 0.6 is 11.3 Å². The van der Waals surface area contributed by atoms with Crippen LogP contribution in [0.5, 0.6) is 11.5 Å². The summed E-state index contributed by atoms with van der Waals surface area (Å²) in [7, 11) is 3.38. The minimum atomic E-state index is 0.464. The van der Waals surface area contributed by atoms with Crippen molar-refractivity contribution in [2.45, 2.75) is 78.2 Å². The Labute approximate surface area is 207 Å². The summed E-state index contributed by atoms with van der Waals surface area (Å²) in [5.74, 6) is 3.27. The fourth-order valence-electron chi connectivity index (χ4n) is 4.63. The molecule has 0 fully saturated rings. The van der Waals surface area contributed by atoms with Crippen LogP contribution in [0.4, 0.5) is 0 Å². The maximum absolute atomic E-state index is 5.72. The predicted molar refractivity (Wildman–Crippen MR) is 139 cm³/mol. The average Bonchev–Trinajstić information content (AvgIpc) is 3.39. The Morgan fingerprint density at radius 1 is 0.941 bits per heavy atom. The zero-order chi connectivity index (χ0) is 23.9. The highest BCUT2D eigenvalue weighted by Gasteiger charge is 2.27. The lowest BCUT2D eigenvalue weighted by Gasteiger charge is -2.15. The Morgan fingerprint density at radius 3 is 2.29 bits per heavy atom. The summed E-state index contributed by atoms with van der Waals surface area (Å²) in [6.07, 6.45) is 11.7. The maximum Gasteiger partial charge on any atom is 0.160 e. The van der Waals surface area contributed by atoms with E-state index in [2.05, 4.69) is 27.8 Å². The van der Waals surface area contributed by atoms with Gasteiger partial charge in [-0.1, -0.05) is 57.9 Å². The molecule has 0 radical (unpaired) electrons. The number of unbranched alkanes of at least 4 members (excludes halogenated alkanes) is 7. The van der Waals surface area contributed by atoms with E-state index in [-0.39, 0.29) is 0 Å². The van der Waals surface area contributed by atoms with Crippen LogP contribution in [0.1, 0.15) is 85.9 Å². The van der Waals surface area contributed by atoms with Crippen LogP contribution in [0.25, 0.3) is 5.00 Å². The standard InChI is InChI=1S/C27H36N4O2S/c1-5-6-7-8-9-10-11-12-14-20-17-21-26(25-22(32-3)15-13-16-23(25)33-4)28-18-24-30-29-19(2)31(24)27(21)34-20/h13,15-17H,5-12,14,18H2,1-4H3. The van der Waals surface area contributed by atoms with Gasteiger partial charge in [-0.25, -0.2) is 0 Å². The molecule has 0 aliphatic carbocycles. The van der Waals surface area contributed by atoms with E-state index in [9.17, 15) is 0 Å². The van der Waals surface area contributed by atoms with Crippen LogP contribution in [0.15, 0.2) is 29.3 Å². The van der Waals surface area contributed by atoms with Crippen molar-refractivity contribution in [1.29, 1.82) is 0 Å². The molecule has 2 aromatic heterocycles. The molecule has 0 saturated carbocycles. The van der Waals surface area contributed by atoms with E-state index in [1.807, 2.05) is 36.5 Å². The largest absolute Gasteiger partial charge is 0.496 e. The lowest BCUT2D eigenvalue weighted by Crippen LogP contribution is -2.09. The Balaban J connectivity index is 1.60. The SMILES string of the molecule is CCCCCCCCCCc1cc2c(s1)-n1c(C)nnc1CN=C2c1c(OC)cccc1OC. The Hall–Kier alpha value is -2.67. The van der Waals surface area contributed by atoms with Crippen LogP contribution in [-0.2, 0) is 13.0 Å². The third-order valence-electron chi connectivity index (χ3n) is 6.43. The zero-order valence-corrected chi connectivity index (χ0v) is 21.7. The smallest absolute Gasteiger partial charge is 0.160 e. The first-order chi connectivity index (χ1) is 16.7. The number of methoxy groups -OCH3 is 2. The zero-order valence-electron chi connectivity index (χ0n) is 20.9. The van der Waals surface area contributed by atoms with E-state index >= 15 is 0 Å². The van der Waals surface area contributed by atoms with Gasteiger partial charge in [0.05, 0.1) is 25.5 Å². The number of nitrogens with zero attached hydrogens (tertiary/aromatic N) is 4. The molecule has 0 spiro atoms. The van der Waals surface area contributed by atoms with Gasteiger partial charge in [-0.3, -0.25) is 9.56 Å². The Morgan fingerprint density at radius 2 is 1.62 bits per heavy atom. The number of hydrogen-bond acceptors (Lipinski definition) is 6. The molecule has 1 aromatic carbocycles. The number of aromatic nitrogens is 3. The van der Waals surface area contributed by atoms with Crippen molar-refractivity contribution in [1.82, 2.24) is 14.8 Å².